The molecule has 0 saturated carbocycles. The Bertz CT molecular complexity index is 897. The van der Waals surface area contributed by atoms with Crippen LogP contribution in [0.4, 0.5) is 5.13 Å². The highest BCUT2D eigenvalue weighted by Crippen LogP contribution is 2.32. The Morgan fingerprint density at radius 2 is 1.96 bits per heavy atom. The summed E-state index contributed by atoms with van der Waals surface area (Å²) in [7, 11) is 0. The molecule has 0 saturated heterocycles. The first-order valence-electron chi connectivity index (χ1n) is 7.72. The fourth-order valence-corrected chi connectivity index (χ4v) is 3.43. The van der Waals surface area contributed by atoms with Crippen molar-refractivity contribution in [3.8, 4) is 16.3 Å². The van der Waals surface area contributed by atoms with Crippen LogP contribution in [-0.2, 0) is 0 Å². The first kappa shape index (κ1) is 17.4. The molecule has 2 heterocycles. The second kappa shape index (κ2) is 7.63. The molecule has 0 aliphatic carbocycles. The molecule has 0 atom stereocenters. The molecular formula is C18H16ClN3O2S. The summed E-state index contributed by atoms with van der Waals surface area (Å²) < 4.78 is 5.32. The van der Waals surface area contributed by atoms with Gasteiger partial charge in [-0.15, -0.1) is 0 Å². The van der Waals surface area contributed by atoms with Gasteiger partial charge in [0.1, 0.15) is 0 Å². The van der Waals surface area contributed by atoms with Crippen LogP contribution in [-0.4, -0.2) is 22.5 Å². The Kier molecular flexibility index (Phi) is 5.31. The minimum atomic E-state index is -0.417. The molecular weight excluding hydrogens is 358 g/mol. The van der Waals surface area contributed by atoms with Gasteiger partial charge >= 0.3 is 0 Å². The van der Waals surface area contributed by atoms with Crippen LogP contribution in [0.25, 0.3) is 10.4 Å². The van der Waals surface area contributed by atoms with Gasteiger partial charge < -0.3 is 4.74 Å². The third-order valence-corrected chi connectivity index (χ3v) is 4.81. The van der Waals surface area contributed by atoms with Gasteiger partial charge in [0.25, 0.3) is 5.91 Å². The molecule has 0 aliphatic rings. The van der Waals surface area contributed by atoms with Gasteiger partial charge in [-0.05, 0) is 25.5 Å². The zero-order chi connectivity index (χ0) is 17.8. The van der Waals surface area contributed by atoms with E-state index in [9.17, 15) is 4.79 Å². The molecule has 0 unspecified atom stereocenters. The number of carbonyl (C=O) groups excluding carboxylic acids is 1. The SMILES string of the molecule is CCOc1ccc(Cl)c(C(=O)Nc2nc(C)c(-c3ccccc3)s2)n1. The minimum Gasteiger partial charge on any atom is -0.478 e. The van der Waals surface area contributed by atoms with Gasteiger partial charge in [-0.3, -0.25) is 10.1 Å². The van der Waals surface area contributed by atoms with Crippen molar-refractivity contribution in [3.05, 3.63) is 58.9 Å². The standard InChI is InChI=1S/C18H16ClN3O2S/c1-3-24-14-10-9-13(19)15(21-14)17(23)22-18-20-11(2)16(25-18)12-7-5-4-6-8-12/h4-10H,3H2,1-2H3,(H,20,22,23). The number of aromatic nitrogens is 2. The van der Waals surface area contributed by atoms with Crippen LogP contribution in [0.15, 0.2) is 42.5 Å². The largest absolute Gasteiger partial charge is 0.478 e. The van der Waals surface area contributed by atoms with Crippen molar-refractivity contribution in [2.24, 2.45) is 0 Å². The number of halogens is 1. The smallest absolute Gasteiger partial charge is 0.277 e. The number of nitrogens with zero attached hydrogens (tertiary/aromatic N) is 2. The van der Waals surface area contributed by atoms with Crippen LogP contribution < -0.4 is 10.1 Å². The number of hydrogen-bond donors (Lipinski definition) is 1. The number of carbonyl (C=O) groups is 1. The molecule has 1 amide bonds. The molecule has 7 heteroatoms. The number of rotatable bonds is 5. The van der Waals surface area contributed by atoms with Gasteiger partial charge in [-0.25, -0.2) is 9.97 Å². The summed E-state index contributed by atoms with van der Waals surface area (Å²) >= 11 is 7.50. The normalized spacial score (nSPS) is 10.5. The zero-order valence-electron chi connectivity index (χ0n) is 13.7. The summed E-state index contributed by atoms with van der Waals surface area (Å²) in [5.74, 6) is -0.0581. The topological polar surface area (TPSA) is 64.1 Å². The van der Waals surface area contributed by atoms with E-state index in [1.54, 1.807) is 12.1 Å². The predicted octanol–water partition coefficient (Wildman–Crippen LogP) is 4.82. The molecule has 1 N–H and O–H groups in total. The van der Waals surface area contributed by atoms with E-state index in [4.69, 9.17) is 16.3 Å². The maximum atomic E-state index is 12.5. The molecule has 5 nitrogen and oxygen atoms in total. The van der Waals surface area contributed by atoms with Crippen molar-refractivity contribution in [1.82, 2.24) is 9.97 Å². The van der Waals surface area contributed by atoms with Crippen LogP contribution in [0, 0.1) is 6.92 Å². The molecule has 0 spiro atoms. The Hall–Kier alpha value is -2.44. The Morgan fingerprint density at radius 1 is 1.20 bits per heavy atom. The maximum absolute atomic E-state index is 12.5. The van der Waals surface area contributed by atoms with Crippen LogP contribution in [0.1, 0.15) is 23.1 Å². The molecule has 1 aromatic carbocycles. The zero-order valence-corrected chi connectivity index (χ0v) is 15.3. The fraction of sp³-hybridized carbons (Fsp3) is 0.167. The van der Waals surface area contributed by atoms with Gasteiger partial charge in [-0.1, -0.05) is 53.3 Å². The van der Waals surface area contributed by atoms with Crippen molar-refractivity contribution < 1.29 is 9.53 Å². The number of pyridine rings is 1. The number of benzene rings is 1. The minimum absolute atomic E-state index is 0.113. The summed E-state index contributed by atoms with van der Waals surface area (Å²) in [4.78, 5) is 22.1. The molecule has 25 heavy (non-hydrogen) atoms. The highest BCUT2D eigenvalue weighted by atomic mass is 35.5. The third kappa shape index (κ3) is 3.97. The van der Waals surface area contributed by atoms with Gasteiger partial charge in [0.2, 0.25) is 5.88 Å². The number of anilines is 1. The second-order valence-corrected chi connectivity index (χ2v) is 6.57. The predicted molar refractivity (Wildman–Crippen MR) is 101 cm³/mol. The average molecular weight is 374 g/mol. The Balaban J connectivity index is 1.84. The summed E-state index contributed by atoms with van der Waals surface area (Å²) in [6, 6.07) is 13.1. The average Bonchev–Trinajstić information content (AvgIpc) is 2.97. The number of thiazole rings is 1. The van der Waals surface area contributed by atoms with Gasteiger partial charge in [0, 0.05) is 6.07 Å². The van der Waals surface area contributed by atoms with Crippen LogP contribution in [0.3, 0.4) is 0 Å². The molecule has 3 aromatic rings. The molecule has 0 bridgehead atoms. The summed E-state index contributed by atoms with van der Waals surface area (Å²) in [5.41, 5.74) is 2.03. The van der Waals surface area contributed by atoms with Gasteiger partial charge in [0.05, 0.1) is 22.2 Å². The fourth-order valence-electron chi connectivity index (χ4n) is 2.28. The van der Waals surface area contributed by atoms with E-state index >= 15 is 0 Å². The third-order valence-electron chi connectivity index (χ3n) is 3.38. The van der Waals surface area contributed by atoms with E-state index in [2.05, 4.69) is 15.3 Å². The van der Waals surface area contributed by atoms with E-state index < -0.39 is 5.91 Å². The highest BCUT2D eigenvalue weighted by Gasteiger charge is 2.17. The summed E-state index contributed by atoms with van der Waals surface area (Å²) in [6.07, 6.45) is 0. The number of nitrogens with one attached hydrogen (secondary N) is 1. The van der Waals surface area contributed by atoms with Crippen LogP contribution >= 0.6 is 22.9 Å². The van der Waals surface area contributed by atoms with E-state index in [0.717, 1.165) is 16.1 Å². The Morgan fingerprint density at radius 3 is 2.68 bits per heavy atom. The number of hydrogen-bond acceptors (Lipinski definition) is 5. The molecule has 0 radical (unpaired) electrons. The molecule has 3 rings (SSSR count). The van der Waals surface area contributed by atoms with Crippen molar-refractivity contribution in [1.29, 1.82) is 0 Å². The number of aryl methyl sites for hydroxylation is 1. The molecule has 128 valence electrons. The lowest BCUT2D eigenvalue weighted by Gasteiger charge is -2.06. The lowest BCUT2D eigenvalue weighted by atomic mass is 10.2. The lowest BCUT2D eigenvalue weighted by Crippen LogP contribution is -2.14. The maximum Gasteiger partial charge on any atom is 0.277 e. The van der Waals surface area contributed by atoms with Crippen molar-refractivity contribution in [2.75, 3.05) is 11.9 Å². The Labute approximate surface area is 154 Å². The first-order valence-corrected chi connectivity index (χ1v) is 8.91. The molecule has 2 aromatic heterocycles. The first-order chi connectivity index (χ1) is 12.1. The second-order valence-electron chi connectivity index (χ2n) is 5.17. The van der Waals surface area contributed by atoms with E-state index in [1.807, 2.05) is 44.2 Å². The van der Waals surface area contributed by atoms with Crippen molar-refractivity contribution in [2.45, 2.75) is 13.8 Å². The quantitative estimate of drug-likeness (QED) is 0.696. The van der Waals surface area contributed by atoms with Gasteiger partial charge in [-0.2, -0.15) is 0 Å². The summed E-state index contributed by atoms with van der Waals surface area (Å²) in [5, 5.41) is 3.53. The highest BCUT2D eigenvalue weighted by molar-refractivity contribution is 7.19. The number of amides is 1. The van der Waals surface area contributed by atoms with E-state index in [0.29, 0.717) is 17.6 Å². The molecule has 0 fully saturated rings. The van der Waals surface area contributed by atoms with E-state index in [1.165, 1.54) is 11.3 Å². The van der Waals surface area contributed by atoms with Crippen molar-refractivity contribution >= 4 is 34.0 Å². The monoisotopic (exact) mass is 373 g/mol. The van der Waals surface area contributed by atoms with Gasteiger partial charge in [0.15, 0.2) is 10.8 Å². The number of ether oxygens (including phenoxy) is 1. The summed E-state index contributed by atoms with van der Waals surface area (Å²) in [6.45, 7) is 4.22. The van der Waals surface area contributed by atoms with Crippen LogP contribution in [0.2, 0.25) is 5.02 Å². The lowest BCUT2D eigenvalue weighted by molar-refractivity contribution is 0.102. The van der Waals surface area contributed by atoms with E-state index in [-0.39, 0.29) is 10.7 Å². The van der Waals surface area contributed by atoms with Crippen LogP contribution in [0.5, 0.6) is 5.88 Å². The molecule has 0 aliphatic heterocycles. The van der Waals surface area contributed by atoms with Crippen molar-refractivity contribution in [3.63, 3.8) is 0 Å².